The van der Waals surface area contributed by atoms with Gasteiger partial charge in [0.1, 0.15) is 11.5 Å². The fourth-order valence-electron chi connectivity index (χ4n) is 3.69. The highest BCUT2D eigenvalue weighted by atomic mass is 31.0. The van der Waals surface area contributed by atoms with Gasteiger partial charge in [-0.2, -0.15) is 0 Å². The van der Waals surface area contributed by atoms with Crippen LogP contribution < -0.4 is 5.73 Å². The van der Waals surface area contributed by atoms with Crippen molar-refractivity contribution in [3.8, 4) is 11.5 Å². The van der Waals surface area contributed by atoms with E-state index in [1.54, 1.807) is 6.07 Å². The predicted octanol–water partition coefficient (Wildman–Crippen LogP) is 2.77. The Morgan fingerprint density at radius 3 is 2.55 bits per heavy atom. The molecular formula is C17H28NO3P. The highest BCUT2D eigenvalue weighted by molar-refractivity contribution is 7.18. The molecule has 0 saturated heterocycles. The van der Waals surface area contributed by atoms with Crippen LogP contribution in [0.25, 0.3) is 0 Å². The maximum absolute atomic E-state index is 10.6. The number of phenolic OH excluding ortho intramolecular Hbond substituents is 2. The Kier molecular flexibility index (Phi) is 4.77. The van der Waals surface area contributed by atoms with E-state index in [0.717, 1.165) is 12.8 Å². The smallest absolute Gasteiger partial charge is 0.125 e. The summed E-state index contributed by atoms with van der Waals surface area (Å²) in [6.45, 7) is 6.02. The van der Waals surface area contributed by atoms with Crippen LogP contribution >= 0.6 is 9.24 Å². The minimum atomic E-state index is -0.698. The van der Waals surface area contributed by atoms with Gasteiger partial charge in [0.2, 0.25) is 0 Å². The molecule has 0 saturated carbocycles. The van der Waals surface area contributed by atoms with Crippen LogP contribution in [0.2, 0.25) is 0 Å². The molecule has 124 valence electrons. The molecule has 3 unspecified atom stereocenters. The van der Waals surface area contributed by atoms with Gasteiger partial charge in [-0.1, -0.05) is 6.92 Å². The van der Waals surface area contributed by atoms with E-state index >= 15 is 0 Å². The lowest BCUT2D eigenvalue weighted by molar-refractivity contribution is 0.151. The van der Waals surface area contributed by atoms with Crippen LogP contribution in [0.15, 0.2) is 6.07 Å². The molecule has 0 aliphatic heterocycles. The van der Waals surface area contributed by atoms with Crippen LogP contribution in [-0.4, -0.2) is 26.0 Å². The van der Waals surface area contributed by atoms with Crippen LogP contribution in [0.1, 0.15) is 62.8 Å². The molecule has 0 bridgehead atoms. The SMILES string of the molecule is CC(C)(N)CC(C)(P)Cc1cc(O)c2c(c1O)C(O)CCC2. The molecule has 0 amide bonds. The Bertz CT molecular complexity index is 564. The van der Waals surface area contributed by atoms with Crippen molar-refractivity contribution in [3.05, 3.63) is 22.8 Å². The number of phenols is 2. The van der Waals surface area contributed by atoms with E-state index in [4.69, 9.17) is 5.73 Å². The summed E-state index contributed by atoms with van der Waals surface area (Å²) in [7, 11) is 2.81. The van der Waals surface area contributed by atoms with Gasteiger partial charge < -0.3 is 21.1 Å². The third kappa shape index (κ3) is 3.92. The van der Waals surface area contributed by atoms with Crippen molar-refractivity contribution >= 4 is 9.24 Å². The maximum Gasteiger partial charge on any atom is 0.125 e. The lowest BCUT2D eigenvalue weighted by Gasteiger charge is -2.33. The zero-order chi connectivity index (χ0) is 16.7. The normalized spacial score (nSPS) is 21.3. The van der Waals surface area contributed by atoms with Crippen LogP contribution in [0.3, 0.4) is 0 Å². The third-order valence-corrected chi connectivity index (χ3v) is 4.60. The Hall–Kier alpha value is -0.830. The lowest BCUT2D eigenvalue weighted by Crippen LogP contribution is -2.39. The number of aliphatic hydroxyl groups excluding tert-OH is 1. The van der Waals surface area contributed by atoms with Crippen molar-refractivity contribution in [2.24, 2.45) is 5.73 Å². The summed E-state index contributed by atoms with van der Waals surface area (Å²) in [6, 6.07) is 1.64. The molecule has 1 aromatic rings. The van der Waals surface area contributed by atoms with E-state index in [1.165, 1.54) is 0 Å². The first-order valence-electron chi connectivity index (χ1n) is 7.82. The Labute approximate surface area is 134 Å². The van der Waals surface area contributed by atoms with E-state index in [2.05, 4.69) is 16.2 Å². The molecule has 4 nitrogen and oxygen atoms in total. The van der Waals surface area contributed by atoms with E-state index in [1.807, 2.05) is 13.8 Å². The van der Waals surface area contributed by atoms with E-state index in [0.29, 0.717) is 36.0 Å². The maximum atomic E-state index is 10.6. The van der Waals surface area contributed by atoms with Crippen molar-refractivity contribution in [1.29, 1.82) is 0 Å². The van der Waals surface area contributed by atoms with Crippen molar-refractivity contribution in [2.75, 3.05) is 0 Å². The zero-order valence-corrected chi connectivity index (χ0v) is 14.8. The molecule has 0 fully saturated rings. The summed E-state index contributed by atoms with van der Waals surface area (Å²) in [5.74, 6) is 0.304. The second kappa shape index (κ2) is 5.99. The van der Waals surface area contributed by atoms with Gasteiger partial charge in [0, 0.05) is 16.7 Å². The van der Waals surface area contributed by atoms with Crippen LogP contribution in [0, 0.1) is 0 Å². The third-order valence-electron chi connectivity index (χ3n) is 4.20. The van der Waals surface area contributed by atoms with Gasteiger partial charge >= 0.3 is 0 Å². The Morgan fingerprint density at radius 1 is 1.32 bits per heavy atom. The molecular weight excluding hydrogens is 297 g/mol. The fourth-order valence-corrected chi connectivity index (χ4v) is 4.43. The van der Waals surface area contributed by atoms with Crippen molar-refractivity contribution in [1.82, 2.24) is 0 Å². The highest BCUT2D eigenvalue weighted by Gasteiger charge is 2.31. The highest BCUT2D eigenvalue weighted by Crippen LogP contribution is 2.44. The van der Waals surface area contributed by atoms with Crippen molar-refractivity contribution < 1.29 is 15.3 Å². The van der Waals surface area contributed by atoms with Gasteiger partial charge in [0.15, 0.2) is 0 Å². The molecule has 5 heteroatoms. The summed E-state index contributed by atoms with van der Waals surface area (Å²) >= 11 is 0. The molecule has 1 aromatic carbocycles. The number of benzene rings is 1. The number of rotatable bonds is 4. The standard InChI is InChI=1S/C17H28NO3P/c1-16(2,18)9-17(3,22)8-10-7-13(20)11-5-4-6-12(19)14(11)15(10)21/h7,12,19-21H,4-6,8-9,18,22H2,1-3H3. The minimum Gasteiger partial charge on any atom is -0.508 e. The minimum absolute atomic E-state index is 0.128. The molecule has 22 heavy (non-hydrogen) atoms. The van der Waals surface area contributed by atoms with Gasteiger partial charge in [-0.05, 0) is 62.7 Å². The summed E-state index contributed by atoms with van der Waals surface area (Å²) in [5.41, 5.74) is 7.65. The molecule has 3 atom stereocenters. The number of aliphatic hydroxyl groups is 1. The van der Waals surface area contributed by atoms with Gasteiger partial charge in [0.25, 0.3) is 0 Å². The van der Waals surface area contributed by atoms with Crippen LogP contribution in [0.4, 0.5) is 0 Å². The first kappa shape index (κ1) is 17.5. The first-order chi connectivity index (χ1) is 10.0. The monoisotopic (exact) mass is 325 g/mol. The molecule has 2 rings (SSSR count). The van der Waals surface area contributed by atoms with Crippen molar-refractivity contribution in [2.45, 2.75) is 69.7 Å². The van der Waals surface area contributed by atoms with Gasteiger partial charge in [0.05, 0.1) is 6.10 Å². The summed E-state index contributed by atoms with van der Waals surface area (Å²) in [6.07, 6.45) is 2.76. The van der Waals surface area contributed by atoms with Gasteiger partial charge in [-0.25, -0.2) is 0 Å². The number of hydrogen-bond donors (Lipinski definition) is 4. The molecule has 5 N–H and O–H groups in total. The summed E-state index contributed by atoms with van der Waals surface area (Å²) in [5, 5.41) is 30.8. The number of aromatic hydroxyl groups is 2. The molecule has 0 radical (unpaired) electrons. The largest absolute Gasteiger partial charge is 0.508 e. The Balaban J connectivity index is 2.37. The molecule has 1 aliphatic carbocycles. The first-order valence-corrected chi connectivity index (χ1v) is 8.40. The number of fused-ring (bicyclic) bond motifs is 1. The molecule has 0 heterocycles. The van der Waals surface area contributed by atoms with Gasteiger partial charge in [-0.3, -0.25) is 0 Å². The lowest BCUT2D eigenvalue weighted by atomic mass is 9.83. The van der Waals surface area contributed by atoms with Gasteiger partial charge in [-0.15, -0.1) is 9.24 Å². The second-order valence-electron chi connectivity index (χ2n) is 7.70. The molecule has 0 spiro atoms. The van der Waals surface area contributed by atoms with Crippen LogP contribution in [-0.2, 0) is 12.8 Å². The number of hydrogen-bond acceptors (Lipinski definition) is 4. The summed E-state index contributed by atoms with van der Waals surface area (Å²) < 4.78 is 0. The summed E-state index contributed by atoms with van der Waals surface area (Å²) in [4.78, 5) is 0. The van der Waals surface area contributed by atoms with E-state index in [-0.39, 0.29) is 22.2 Å². The fraction of sp³-hybridized carbons (Fsp3) is 0.647. The average molecular weight is 325 g/mol. The van der Waals surface area contributed by atoms with E-state index < -0.39 is 6.10 Å². The van der Waals surface area contributed by atoms with Crippen molar-refractivity contribution in [3.63, 3.8) is 0 Å². The predicted molar refractivity (Wildman–Crippen MR) is 92.4 cm³/mol. The Morgan fingerprint density at radius 2 is 1.95 bits per heavy atom. The molecule has 0 aromatic heterocycles. The quantitative estimate of drug-likeness (QED) is 0.506. The molecule has 1 aliphatic rings. The average Bonchev–Trinajstić information content (AvgIpc) is 2.32. The topological polar surface area (TPSA) is 86.7 Å². The number of nitrogens with two attached hydrogens (primary N) is 1. The second-order valence-corrected chi connectivity index (χ2v) is 9.09. The van der Waals surface area contributed by atoms with E-state index in [9.17, 15) is 15.3 Å². The zero-order valence-electron chi connectivity index (χ0n) is 13.7. The van der Waals surface area contributed by atoms with Crippen LogP contribution in [0.5, 0.6) is 11.5 Å².